The van der Waals surface area contributed by atoms with Crippen LogP contribution in [0, 0.1) is 11.8 Å². The largest absolute Gasteiger partial charge is 0.288 e. The van der Waals surface area contributed by atoms with E-state index in [0.29, 0.717) is 17.7 Å². The quantitative estimate of drug-likeness (QED) is 0.629. The van der Waals surface area contributed by atoms with Crippen LogP contribution < -0.4 is 0 Å². The van der Waals surface area contributed by atoms with Crippen LogP contribution in [0.15, 0.2) is 29.2 Å². The smallest absolute Gasteiger partial charge is 0.185 e. The summed E-state index contributed by atoms with van der Waals surface area (Å²) in [6, 6.07) is 6.65. The van der Waals surface area contributed by atoms with Gasteiger partial charge in [0.25, 0.3) is 0 Å². The third-order valence-corrected chi connectivity index (χ3v) is 4.01. The molecule has 0 N–H and O–H groups in total. The van der Waals surface area contributed by atoms with Crippen LogP contribution in [-0.2, 0) is 14.6 Å². The van der Waals surface area contributed by atoms with Crippen LogP contribution in [0.4, 0.5) is 0 Å². The average molecular weight is 282 g/mol. The van der Waals surface area contributed by atoms with Gasteiger partial charge in [0, 0.05) is 30.9 Å². The summed E-state index contributed by atoms with van der Waals surface area (Å²) in [5, 5.41) is 0.0633. The molecule has 0 saturated carbocycles. The van der Waals surface area contributed by atoms with Crippen molar-refractivity contribution in [2.24, 2.45) is 0 Å². The maximum atomic E-state index is 11.5. The predicted octanol–water partition coefficient (Wildman–Crippen LogP) is 2.11. The van der Waals surface area contributed by atoms with Gasteiger partial charge in [-0.2, -0.15) is 0 Å². The lowest BCUT2D eigenvalue weighted by molar-refractivity contribution is -0.109. The first-order valence-corrected chi connectivity index (χ1v) is 8.20. The first kappa shape index (κ1) is 14.8. The summed E-state index contributed by atoms with van der Waals surface area (Å²) in [6.45, 7) is 1.51. The molecule has 0 amide bonds. The molecule has 0 spiro atoms. The molecule has 96 valence electrons. The Kier molecular flexibility index (Phi) is 5.45. The van der Waals surface area contributed by atoms with Crippen molar-refractivity contribution in [3.05, 3.63) is 29.8 Å². The van der Waals surface area contributed by atoms with Crippen LogP contribution >= 0.6 is 11.8 Å². The van der Waals surface area contributed by atoms with Crippen molar-refractivity contribution in [3.8, 4) is 11.8 Å². The molecule has 0 aliphatic heterocycles. The van der Waals surface area contributed by atoms with Gasteiger partial charge in [-0.1, -0.05) is 35.7 Å². The van der Waals surface area contributed by atoms with Gasteiger partial charge >= 0.3 is 0 Å². The molecular weight excluding hydrogens is 268 g/mol. The van der Waals surface area contributed by atoms with E-state index in [2.05, 4.69) is 11.8 Å². The summed E-state index contributed by atoms with van der Waals surface area (Å²) in [6.07, 6.45) is 1.72. The van der Waals surface area contributed by atoms with Gasteiger partial charge in [-0.25, -0.2) is 8.42 Å². The highest BCUT2D eigenvalue weighted by Crippen LogP contribution is 2.14. The van der Waals surface area contributed by atoms with Crippen molar-refractivity contribution in [2.45, 2.75) is 18.2 Å². The Bertz CT molecular complexity index is 592. The van der Waals surface area contributed by atoms with Crippen molar-refractivity contribution in [1.82, 2.24) is 0 Å². The highest BCUT2D eigenvalue weighted by atomic mass is 32.2. The van der Waals surface area contributed by atoms with Crippen LogP contribution in [0.3, 0.4) is 0 Å². The molecule has 1 aromatic carbocycles. The number of carbonyl (C=O) groups is 1. The van der Waals surface area contributed by atoms with Crippen molar-refractivity contribution in [2.75, 3.05) is 12.0 Å². The summed E-state index contributed by atoms with van der Waals surface area (Å²) < 4.78 is 23.0. The number of thioether (sulfide) groups is 1. The van der Waals surface area contributed by atoms with Crippen LogP contribution in [0.5, 0.6) is 0 Å². The van der Waals surface area contributed by atoms with Crippen molar-refractivity contribution in [1.29, 1.82) is 0 Å². The predicted molar refractivity (Wildman–Crippen MR) is 74.2 cm³/mol. The Balaban J connectivity index is 2.80. The minimum Gasteiger partial charge on any atom is -0.288 e. The van der Waals surface area contributed by atoms with Crippen LogP contribution in [0.2, 0.25) is 0 Å². The molecule has 1 aromatic rings. The van der Waals surface area contributed by atoms with E-state index in [-0.39, 0.29) is 10.0 Å². The molecule has 0 aliphatic carbocycles. The molecule has 0 fully saturated rings. The molecule has 0 saturated heterocycles. The zero-order chi connectivity index (χ0) is 13.6. The molecule has 0 bridgehead atoms. The van der Waals surface area contributed by atoms with Crippen LogP contribution in [0.25, 0.3) is 0 Å². The third kappa shape index (κ3) is 4.94. The number of hydrogen-bond donors (Lipinski definition) is 0. The second-order valence-corrected chi connectivity index (χ2v) is 6.92. The van der Waals surface area contributed by atoms with Crippen molar-refractivity contribution >= 4 is 26.7 Å². The summed E-state index contributed by atoms with van der Waals surface area (Å²) in [4.78, 5) is 10.9. The zero-order valence-electron chi connectivity index (χ0n) is 10.3. The summed E-state index contributed by atoms with van der Waals surface area (Å²) >= 11 is 1.22. The van der Waals surface area contributed by atoms with E-state index in [4.69, 9.17) is 0 Å². The Morgan fingerprint density at radius 1 is 1.33 bits per heavy atom. The molecular formula is C13H14O3S2. The maximum absolute atomic E-state index is 11.5. The fraction of sp³-hybridized carbons (Fsp3) is 0.308. The topological polar surface area (TPSA) is 51.2 Å². The highest BCUT2D eigenvalue weighted by Gasteiger charge is 2.10. The zero-order valence-corrected chi connectivity index (χ0v) is 11.9. The molecule has 0 radical (unpaired) electrons. The molecule has 1 rings (SSSR count). The van der Waals surface area contributed by atoms with Gasteiger partial charge < -0.3 is 0 Å². The van der Waals surface area contributed by atoms with Gasteiger partial charge in [0.15, 0.2) is 15.0 Å². The Labute approximate surface area is 112 Å². The van der Waals surface area contributed by atoms with E-state index in [0.717, 1.165) is 0 Å². The van der Waals surface area contributed by atoms with Crippen molar-refractivity contribution < 1.29 is 13.2 Å². The summed E-state index contributed by atoms with van der Waals surface area (Å²) in [7, 11) is -3.25. The lowest BCUT2D eigenvalue weighted by atomic mass is 10.2. The summed E-state index contributed by atoms with van der Waals surface area (Å²) in [5.41, 5.74) is 0.507. The lowest BCUT2D eigenvalue weighted by Crippen LogP contribution is -1.99. The number of rotatable bonds is 3. The van der Waals surface area contributed by atoms with Gasteiger partial charge in [-0.3, -0.25) is 4.79 Å². The Morgan fingerprint density at radius 2 is 2.00 bits per heavy atom. The third-order valence-electron chi connectivity index (χ3n) is 2.04. The number of hydrogen-bond acceptors (Lipinski definition) is 4. The van der Waals surface area contributed by atoms with Gasteiger partial charge in [0.05, 0.1) is 4.90 Å². The van der Waals surface area contributed by atoms with Gasteiger partial charge in [-0.05, 0) is 12.1 Å². The monoisotopic (exact) mass is 282 g/mol. The minimum atomic E-state index is -3.25. The number of sulfone groups is 1. The average Bonchev–Trinajstić information content (AvgIpc) is 2.27. The summed E-state index contributed by atoms with van der Waals surface area (Å²) in [5.74, 6) is 6.35. The molecule has 0 aliphatic rings. The van der Waals surface area contributed by atoms with Gasteiger partial charge in [-0.15, -0.1) is 0 Å². The van der Waals surface area contributed by atoms with E-state index in [9.17, 15) is 13.2 Å². The SMILES string of the molecule is CC(=O)SCCC#Cc1ccccc1S(C)(=O)=O. The lowest BCUT2D eigenvalue weighted by Gasteiger charge is -2.00. The fourth-order valence-electron chi connectivity index (χ4n) is 1.30. The highest BCUT2D eigenvalue weighted by molar-refractivity contribution is 8.13. The standard InChI is InChI=1S/C13H14O3S2/c1-11(14)17-10-6-5-8-12-7-3-4-9-13(12)18(2,15)16/h3-4,7,9H,6,10H2,1-2H3. The molecule has 0 atom stereocenters. The van der Waals surface area contributed by atoms with E-state index in [1.54, 1.807) is 24.3 Å². The van der Waals surface area contributed by atoms with Gasteiger partial charge in [0.1, 0.15) is 0 Å². The molecule has 18 heavy (non-hydrogen) atoms. The Hall–Kier alpha value is -1.25. The van der Waals surface area contributed by atoms with E-state index in [1.165, 1.54) is 24.9 Å². The van der Waals surface area contributed by atoms with E-state index < -0.39 is 9.84 Å². The molecule has 3 nitrogen and oxygen atoms in total. The maximum Gasteiger partial charge on any atom is 0.185 e. The van der Waals surface area contributed by atoms with E-state index in [1.807, 2.05) is 0 Å². The molecule has 0 heterocycles. The minimum absolute atomic E-state index is 0.0633. The van der Waals surface area contributed by atoms with Crippen molar-refractivity contribution in [3.63, 3.8) is 0 Å². The second-order valence-electron chi connectivity index (χ2n) is 3.66. The first-order valence-electron chi connectivity index (χ1n) is 5.32. The van der Waals surface area contributed by atoms with Crippen LogP contribution in [0.1, 0.15) is 18.9 Å². The normalized spacial score (nSPS) is 10.6. The first-order chi connectivity index (χ1) is 8.41. The fourth-order valence-corrected chi connectivity index (χ4v) is 2.63. The molecule has 0 aromatic heterocycles. The Morgan fingerprint density at radius 3 is 2.61 bits per heavy atom. The molecule has 5 heteroatoms. The van der Waals surface area contributed by atoms with E-state index >= 15 is 0 Å². The van der Waals surface area contributed by atoms with Gasteiger partial charge in [0.2, 0.25) is 0 Å². The number of carbonyl (C=O) groups excluding carboxylic acids is 1. The van der Waals surface area contributed by atoms with Crippen LogP contribution in [-0.4, -0.2) is 25.5 Å². The number of benzene rings is 1. The second kappa shape index (κ2) is 6.62. The molecule has 0 unspecified atom stereocenters.